The van der Waals surface area contributed by atoms with Gasteiger partial charge in [-0.05, 0) is 97.7 Å². The van der Waals surface area contributed by atoms with Gasteiger partial charge < -0.3 is 48.6 Å². The highest BCUT2D eigenvalue weighted by atomic mass is 16.6. The predicted molar refractivity (Wildman–Crippen MR) is 309 cm³/mol. The Morgan fingerprint density at radius 1 is 0.795 bits per heavy atom. The highest BCUT2D eigenvalue weighted by Gasteiger charge is 2.58. The zero-order valence-corrected chi connectivity index (χ0v) is 48.0. The third-order valence-corrected chi connectivity index (χ3v) is 16.2. The van der Waals surface area contributed by atoms with Gasteiger partial charge in [0.2, 0.25) is 5.91 Å². The van der Waals surface area contributed by atoms with Crippen LogP contribution in [0.15, 0.2) is 104 Å². The van der Waals surface area contributed by atoms with Crippen LogP contribution in [0, 0.1) is 31.1 Å². The Hall–Kier alpha value is -8.45. The summed E-state index contributed by atoms with van der Waals surface area (Å²) in [5, 5.41) is 14.9. The molecule has 0 bridgehead atoms. The predicted octanol–water partition coefficient (Wildman–Crippen LogP) is 9.04. The van der Waals surface area contributed by atoms with Gasteiger partial charge in [-0.2, -0.15) is 0 Å². The number of nitrogens with zero attached hydrogens (tertiary/aromatic N) is 4. The zero-order chi connectivity index (χ0) is 59.3. The molecule has 5 aliphatic rings. The number of carbonyl (C=O) groups is 7. The van der Waals surface area contributed by atoms with E-state index in [-0.39, 0.29) is 116 Å². The molecule has 1 aliphatic carbocycles. The maximum Gasteiger partial charge on any atom is 0.416 e. The normalized spacial score (nSPS) is 19.0. The minimum absolute atomic E-state index is 0.00646. The summed E-state index contributed by atoms with van der Waals surface area (Å²) in [4.78, 5) is 101. The van der Waals surface area contributed by atoms with Crippen molar-refractivity contribution in [2.24, 2.45) is 17.3 Å². The van der Waals surface area contributed by atoms with Gasteiger partial charge in [-0.1, -0.05) is 93.3 Å². The minimum Gasteiger partial charge on any atom is -0.493 e. The number of nitrogens with one attached hydrogen (secondary N) is 1. The fraction of sp³-hybridized carbons (Fsp3) is 0.422. The van der Waals surface area contributed by atoms with Crippen LogP contribution in [-0.4, -0.2) is 128 Å². The number of aliphatic hydroxyl groups is 1. The smallest absolute Gasteiger partial charge is 0.416 e. The first kappa shape index (κ1) is 59.2. The Morgan fingerprint density at radius 3 is 2.13 bits per heavy atom. The number of ether oxygens (including phenoxy) is 6. The van der Waals surface area contributed by atoms with Gasteiger partial charge in [-0.3, -0.25) is 28.9 Å². The van der Waals surface area contributed by atoms with Crippen molar-refractivity contribution in [3.8, 4) is 17.2 Å². The second kappa shape index (κ2) is 25.4. The molecule has 1 spiro atoms. The Kier molecular flexibility index (Phi) is 18.1. The Labute approximate surface area is 483 Å². The van der Waals surface area contributed by atoms with Gasteiger partial charge in [-0.25, -0.2) is 14.5 Å². The summed E-state index contributed by atoms with van der Waals surface area (Å²) in [6.45, 7) is 16.9. The number of ketones is 1. The summed E-state index contributed by atoms with van der Waals surface area (Å²) in [6, 6.07) is 19.5. The lowest BCUT2D eigenvalue weighted by Crippen LogP contribution is -2.50. The fourth-order valence-corrected chi connectivity index (χ4v) is 11.2. The quantitative estimate of drug-likeness (QED) is 0.0325. The van der Waals surface area contributed by atoms with E-state index in [1.807, 2.05) is 51.2 Å². The molecule has 5 atom stereocenters. The highest BCUT2D eigenvalue weighted by molar-refractivity contribution is 6.07. The molecule has 0 aromatic heterocycles. The summed E-state index contributed by atoms with van der Waals surface area (Å²) in [5.74, 6) is -1.75. The number of aryl methyl sites for hydroxylation is 2. The average Bonchev–Trinajstić information content (AvgIpc) is 1.95. The monoisotopic (exact) mass is 1140 g/mol. The van der Waals surface area contributed by atoms with Crippen molar-refractivity contribution in [1.29, 1.82) is 0 Å². The molecule has 0 radical (unpaired) electrons. The molecule has 1 saturated carbocycles. The number of anilines is 2. The molecule has 438 valence electrons. The first-order chi connectivity index (χ1) is 39.8. The molecule has 2 N–H and O–H groups in total. The summed E-state index contributed by atoms with van der Waals surface area (Å²) >= 11 is 0. The van der Waals surface area contributed by atoms with E-state index in [1.165, 1.54) is 24.2 Å². The van der Waals surface area contributed by atoms with E-state index >= 15 is 0 Å². The first-order valence-electron chi connectivity index (χ1n) is 28.2. The van der Waals surface area contributed by atoms with Crippen LogP contribution >= 0.6 is 0 Å². The maximum atomic E-state index is 14.4. The van der Waals surface area contributed by atoms with Crippen molar-refractivity contribution < 1.29 is 67.1 Å². The number of hydrogen-bond donors (Lipinski definition) is 2. The van der Waals surface area contributed by atoms with Crippen LogP contribution in [0.1, 0.15) is 108 Å². The van der Waals surface area contributed by atoms with E-state index < -0.39 is 48.3 Å². The van der Waals surface area contributed by atoms with Gasteiger partial charge in [0.1, 0.15) is 25.6 Å². The number of aliphatic hydroxyl groups excluding tert-OH is 1. The topological polar surface area (TPSA) is 220 Å². The third-order valence-electron chi connectivity index (χ3n) is 16.2. The van der Waals surface area contributed by atoms with E-state index in [0.29, 0.717) is 53.9 Å². The molecule has 19 heteroatoms. The summed E-state index contributed by atoms with van der Waals surface area (Å²) in [5.41, 5.74) is 5.76. The molecular formula is C64H73N5O14. The van der Waals surface area contributed by atoms with Crippen LogP contribution in [0.4, 0.5) is 21.0 Å². The average molecular weight is 1140 g/mol. The molecule has 1 saturated heterocycles. The molecule has 4 heterocycles. The number of methoxy groups -OCH3 is 1. The Morgan fingerprint density at radius 2 is 1.46 bits per heavy atom. The SMILES string of the molecule is C=CCOC(=O)C[C@H](C(=O)N[C@@H](C)C(=O)Cc1ccc(COC(=O)N2c3cc(OCCCOc4cc5c(cc4OC)C(=O)N4C=C(c6ccc(C)cc6)C[C@H]4CN5C(=O)OCC=C)c(C)cc3C(=O)N3CC4(CC4)C[C@H]3C2O)cc1)C(C)C. The molecule has 1 unspecified atom stereocenters. The van der Waals surface area contributed by atoms with Crippen LogP contribution in [0.2, 0.25) is 0 Å². The summed E-state index contributed by atoms with van der Waals surface area (Å²) in [6.07, 6.45) is 4.92. The molecule has 19 nitrogen and oxygen atoms in total. The van der Waals surface area contributed by atoms with E-state index in [2.05, 4.69) is 18.5 Å². The number of hydrogen-bond acceptors (Lipinski definition) is 14. The minimum atomic E-state index is -1.44. The molecule has 9 rings (SSSR count). The van der Waals surface area contributed by atoms with Gasteiger partial charge >= 0.3 is 18.2 Å². The second-order valence-corrected chi connectivity index (χ2v) is 22.5. The zero-order valence-electron chi connectivity index (χ0n) is 48.0. The standard InChI is InChI=1S/C64H73N5O14/c1-9-22-81-57(71)30-47(38(3)4)58(72)65-41(7)53(70)27-42-14-16-43(17-15-42)36-83-63(77)69-51-32-54(40(6)26-48(51)60(74)68-37-64(20-21-64)33-52(68)61(69)75)79-24-11-25-80-56-31-50-49(29-55(56)78-8)59(73)66-34-45(44-18-12-39(5)13-19-44)28-46(66)35-67(50)62(76)82-23-10-2/h9-10,12-19,26,29,31-32,34,38,41,46-47,52,61,75H,1-2,11,20-25,27-28,30,33,35-37H2,3-8H3,(H,65,72)/t41-,46-,47-,52-,61?/m0/s1. The molecule has 2 fully saturated rings. The molecule has 4 aromatic rings. The number of amides is 5. The van der Waals surface area contributed by atoms with Crippen LogP contribution in [0.5, 0.6) is 17.2 Å². The lowest BCUT2D eigenvalue weighted by Gasteiger charge is -2.31. The van der Waals surface area contributed by atoms with Crippen molar-refractivity contribution in [3.63, 3.8) is 0 Å². The van der Waals surface area contributed by atoms with E-state index in [0.717, 1.165) is 34.4 Å². The van der Waals surface area contributed by atoms with Crippen LogP contribution < -0.4 is 29.3 Å². The fourth-order valence-electron chi connectivity index (χ4n) is 11.2. The van der Waals surface area contributed by atoms with E-state index in [4.69, 9.17) is 28.4 Å². The van der Waals surface area contributed by atoms with Crippen LogP contribution in [-0.2, 0) is 41.6 Å². The third kappa shape index (κ3) is 13.1. The van der Waals surface area contributed by atoms with Gasteiger partial charge in [0, 0.05) is 37.7 Å². The molecule has 83 heavy (non-hydrogen) atoms. The van der Waals surface area contributed by atoms with Crippen molar-refractivity contribution in [1.82, 2.24) is 15.1 Å². The van der Waals surface area contributed by atoms with E-state index in [9.17, 15) is 38.7 Å². The van der Waals surface area contributed by atoms with Gasteiger partial charge in [0.05, 0.1) is 79.8 Å². The molecule has 5 amide bonds. The van der Waals surface area contributed by atoms with Gasteiger partial charge in [0.15, 0.2) is 23.5 Å². The highest BCUT2D eigenvalue weighted by Crippen LogP contribution is 2.57. The van der Waals surface area contributed by atoms with Gasteiger partial charge in [0.25, 0.3) is 11.8 Å². The van der Waals surface area contributed by atoms with E-state index in [1.54, 1.807) is 72.2 Å². The van der Waals surface area contributed by atoms with Crippen molar-refractivity contribution in [3.05, 3.63) is 143 Å². The Balaban J connectivity index is 0.859. The summed E-state index contributed by atoms with van der Waals surface area (Å²) in [7, 11) is 1.47. The lowest BCUT2D eigenvalue weighted by molar-refractivity contribution is -0.146. The number of fused-ring (bicyclic) bond motifs is 4. The summed E-state index contributed by atoms with van der Waals surface area (Å²) < 4.78 is 34.9. The molecule has 4 aromatic carbocycles. The molecule has 4 aliphatic heterocycles. The second-order valence-electron chi connectivity index (χ2n) is 22.5. The lowest BCUT2D eigenvalue weighted by atomic mass is 9.91. The number of benzene rings is 4. The number of carbonyl (C=O) groups excluding carboxylic acids is 7. The van der Waals surface area contributed by atoms with Crippen molar-refractivity contribution in [2.45, 2.75) is 111 Å². The number of rotatable bonds is 22. The molecular weight excluding hydrogens is 1060 g/mol. The number of esters is 1. The van der Waals surface area contributed by atoms with Crippen LogP contribution in [0.3, 0.4) is 0 Å². The Bertz CT molecular complexity index is 3200. The van der Waals surface area contributed by atoms with Crippen molar-refractivity contribution >= 4 is 58.6 Å². The van der Waals surface area contributed by atoms with Crippen LogP contribution in [0.25, 0.3) is 5.57 Å². The largest absolute Gasteiger partial charge is 0.493 e. The first-order valence-corrected chi connectivity index (χ1v) is 28.2. The number of Topliss-reactive ketones (excluding diaryl/α,β-unsaturated/α-hetero) is 1. The van der Waals surface area contributed by atoms with Crippen molar-refractivity contribution in [2.75, 3.05) is 56.4 Å². The maximum absolute atomic E-state index is 14.4. The van der Waals surface area contributed by atoms with Gasteiger partial charge in [-0.15, -0.1) is 0 Å².